The third kappa shape index (κ3) is 5.90. The highest BCUT2D eigenvalue weighted by atomic mass is 79.9. The summed E-state index contributed by atoms with van der Waals surface area (Å²) in [6.07, 6.45) is 0. The number of para-hydroxylation sites is 1. The number of methoxy groups -OCH3 is 2. The van der Waals surface area contributed by atoms with Crippen LogP contribution in [0.25, 0.3) is 0 Å². The second-order valence-electron chi connectivity index (χ2n) is 4.09. The molecule has 0 fully saturated rings. The van der Waals surface area contributed by atoms with Crippen molar-refractivity contribution in [2.45, 2.75) is 0 Å². The normalized spacial score (nSPS) is 10.3. The lowest BCUT2D eigenvalue weighted by molar-refractivity contribution is -0.134. The Morgan fingerprint density at radius 2 is 1.75 bits per heavy atom. The van der Waals surface area contributed by atoms with Crippen molar-refractivity contribution < 1.29 is 19.0 Å². The standard InChI is InChI=1S/C14H20BrNO4/c1-18-9-7-16(8-10-19-2)14(17)11-20-13-6-4-3-5-12(13)15/h3-6H,7-11H2,1-2H3. The molecule has 112 valence electrons. The van der Waals surface area contributed by atoms with Crippen LogP contribution in [0.5, 0.6) is 5.75 Å². The maximum absolute atomic E-state index is 12.1. The number of hydrogen-bond acceptors (Lipinski definition) is 4. The van der Waals surface area contributed by atoms with E-state index in [1.807, 2.05) is 24.3 Å². The fourth-order valence-electron chi connectivity index (χ4n) is 1.56. The number of ether oxygens (including phenoxy) is 3. The van der Waals surface area contributed by atoms with Crippen LogP contribution in [0, 0.1) is 0 Å². The smallest absolute Gasteiger partial charge is 0.260 e. The van der Waals surface area contributed by atoms with E-state index in [2.05, 4.69) is 15.9 Å². The van der Waals surface area contributed by atoms with E-state index in [1.54, 1.807) is 19.1 Å². The molecule has 0 saturated carbocycles. The Labute approximate surface area is 127 Å². The number of benzene rings is 1. The molecule has 0 aromatic heterocycles. The first kappa shape index (κ1) is 16.9. The summed E-state index contributed by atoms with van der Waals surface area (Å²) in [5.41, 5.74) is 0. The average Bonchev–Trinajstić information content (AvgIpc) is 2.46. The third-order valence-electron chi connectivity index (χ3n) is 2.67. The largest absolute Gasteiger partial charge is 0.483 e. The molecular formula is C14H20BrNO4. The molecule has 0 N–H and O–H groups in total. The van der Waals surface area contributed by atoms with Crippen molar-refractivity contribution in [3.05, 3.63) is 28.7 Å². The van der Waals surface area contributed by atoms with Gasteiger partial charge in [-0.05, 0) is 28.1 Å². The molecule has 0 aliphatic rings. The van der Waals surface area contributed by atoms with Crippen molar-refractivity contribution >= 4 is 21.8 Å². The summed E-state index contributed by atoms with van der Waals surface area (Å²) in [7, 11) is 3.22. The molecule has 0 saturated heterocycles. The van der Waals surface area contributed by atoms with Crippen LogP contribution in [-0.2, 0) is 14.3 Å². The molecule has 5 nitrogen and oxygen atoms in total. The van der Waals surface area contributed by atoms with Gasteiger partial charge in [-0.3, -0.25) is 4.79 Å². The molecule has 6 heteroatoms. The van der Waals surface area contributed by atoms with E-state index in [0.29, 0.717) is 32.1 Å². The summed E-state index contributed by atoms with van der Waals surface area (Å²) in [5.74, 6) is 0.564. The van der Waals surface area contributed by atoms with E-state index < -0.39 is 0 Å². The van der Waals surface area contributed by atoms with Gasteiger partial charge >= 0.3 is 0 Å². The summed E-state index contributed by atoms with van der Waals surface area (Å²) < 4.78 is 16.3. The van der Waals surface area contributed by atoms with Crippen molar-refractivity contribution in [2.24, 2.45) is 0 Å². The molecular weight excluding hydrogens is 326 g/mol. The van der Waals surface area contributed by atoms with Gasteiger partial charge in [-0.2, -0.15) is 0 Å². The minimum atomic E-state index is -0.0881. The van der Waals surface area contributed by atoms with Crippen molar-refractivity contribution in [1.82, 2.24) is 4.90 Å². The van der Waals surface area contributed by atoms with Crippen LogP contribution in [0.3, 0.4) is 0 Å². The van der Waals surface area contributed by atoms with Crippen LogP contribution in [0.15, 0.2) is 28.7 Å². The SMILES string of the molecule is COCCN(CCOC)C(=O)COc1ccccc1Br. The Bertz CT molecular complexity index is 406. The Morgan fingerprint density at radius 3 is 2.30 bits per heavy atom. The molecule has 0 aliphatic heterocycles. The molecule has 0 atom stereocenters. The van der Waals surface area contributed by atoms with Crippen LogP contribution in [-0.4, -0.2) is 57.9 Å². The minimum Gasteiger partial charge on any atom is -0.483 e. The second kappa shape index (κ2) is 9.74. The zero-order valence-corrected chi connectivity index (χ0v) is 13.4. The van der Waals surface area contributed by atoms with Gasteiger partial charge < -0.3 is 19.1 Å². The third-order valence-corrected chi connectivity index (χ3v) is 3.33. The Morgan fingerprint density at radius 1 is 1.15 bits per heavy atom. The van der Waals surface area contributed by atoms with E-state index in [-0.39, 0.29) is 12.5 Å². The Kier molecular flexibility index (Phi) is 8.25. The maximum atomic E-state index is 12.1. The molecule has 1 rings (SSSR count). The monoisotopic (exact) mass is 345 g/mol. The second-order valence-corrected chi connectivity index (χ2v) is 4.94. The van der Waals surface area contributed by atoms with Gasteiger partial charge in [0.15, 0.2) is 6.61 Å². The van der Waals surface area contributed by atoms with Crippen LogP contribution in [0.2, 0.25) is 0 Å². The van der Waals surface area contributed by atoms with Crippen LogP contribution in [0.4, 0.5) is 0 Å². The number of hydrogen-bond donors (Lipinski definition) is 0. The van der Waals surface area contributed by atoms with Crippen molar-refractivity contribution in [1.29, 1.82) is 0 Å². The lowest BCUT2D eigenvalue weighted by atomic mass is 10.3. The number of halogens is 1. The molecule has 0 spiro atoms. The Balaban J connectivity index is 2.50. The summed E-state index contributed by atoms with van der Waals surface area (Å²) in [6.45, 7) is 2.03. The van der Waals surface area contributed by atoms with Gasteiger partial charge in [0.2, 0.25) is 0 Å². The van der Waals surface area contributed by atoms with Crippen LogP contribution < -0.4 is 4.74 Å². The van der Waals surface area contributed by atoms with E-state index in [1.165, 1.54) is 0 Å². The molecule has 1 aromatic carbocycles. The maximum Gasteiger partial charge on any atom is 0.260 e. The van der Waals surface area contributed by atoms with Gasteiger partial charge in [0.1, 0.15) is 5.75 Å². The van der Waals surface area contributed by atoms with Crippen molar-refractivity contribution in [2.75, 3.05) is 47.1 Å². The van der Waals surface area contributed by atoms with Crippen molar-refractivity contribution in [3.8, 4) is 5.75 Å². The molecule has 0 aliphatic carbocycles. The van der Waals surface area contributed by atoms with Gasteiger partial charge in [0.05, 0.1) is 17.7 Å². The van der Waals surface area contributed by atoms with Gasteiger partial charge in [-0.15, -0.1) is 0 Å². The Hall–Kier alpha value is -1.11. The van der Waals surface area contributed by atoms with Crippen molar-refractivity contribution in [3.63, 3.8) is 0 Å². The highest BCUT2D eigenvalue weighted by Crippen LogP contribution is 2.23. The minimum absolute atomic E-state index is 0.00393. The van der Waals surface area contributed by atoms with E-state index in [0.717, 1.165) is 4.47 Å². The van der Waals surface area contributed by atoms with Gasteiger partial charge in [-0.1, -0.05) is 12.1 Å². The first-order chi connectivity index (χ1) is 9.69. The number of carbonyl (C=O) groups is 1. The summed E-state index contributed by atoms with van der Waals surface area (Å²) in [5, 5.41) is 0. The molecule has 20 heavy (non-hydrogen) atoms. The van der Waals surface area contributed by atoms with Gasteiger partial charge in [-0.25, -0.2) is 0 Å². The summed E-state index contributed by atoms with van der Waals surface area (Å²) in [4.78, 5) is 13.8. The van der Waals surface area contributed by atoms with Gasteiger partial charge in [0.25, 0.3) is 5.91 Å². The lowest BCUT2D eigenvalue weighted by Crippen LogP contribution is -2.39. The highest BCUT2D eigenvalue weighted by molar-refractivity contribution is 9.10. The zero-order chi connectivity index (χ0) is 14.8. The predicted molar refractivity (Wildman–Crippen MR) is 80.0 cm³/mol. The highest BCUT2D eigenvalue weighted by Gasteiger charge is 2.14. The quantitative estimate of drug-likeness (QED) is 0.686. The number of amides is 1. The molecule has 0 radical (unpaired) electrons. The molecule has 0 bridgehead atoms. The number of carbonyl (C=O) groups excluding carboxylic acids is 1. The lowest BCUT2D eigenvalue weighted by Gasteiger charge is -2.22. The summed E-state index contributed by atoms with van der Waals surface area (Å²) in [6, 6.07) is 7.43. The molecule has 1 amide bonds. The first-order valence-corrected chi connectivity index (χ1v) is 7.11. The topological polar surface area (TPSA) is 48.0 Å². The van der Waals surface area contributed by atoms with Gasteiger partial charge in [0, 0.05) is 27.3 Å². The fraction of sp³-hybridized carbons (Fsp3) is 0.500. The van der Waals surface area contributed by atoms with Crippen LogP contribution >= 0.6 is 15.9 Å². The first-order valence-electron chi connectivity index (χ1n) is 6.32. The zero-order valence-electron chi connectivity index (χ0n) is 11.8. The molecule has 1 aromatic rings. The van der Waals surface area contributed by atoms with E-state index >= 15 is 0 Å². The fourth-order valence-corrected chi connectivity index (χ4v) is 1.96. The molecule has 0 unspecified atom stereocenters. The number of rotatable bonds is 9. The molecule has 0 heterocycles. The average molecular weight is 346 g/mol. The van der Waals surface area contributed by atoms with E-state index in [4.69, 9.17) is 14.2 Å². The van der Waals surface area contributed by atoms with Crippen LogP contribution in [0.1, 0.15) is 0 Å². The van der Waals surface area contributed by atoms with E-state index in [9.17, 15) is 4.79 Å². The number of nitrogens with zero attached hydrogens (tertiary/aromatic N) is 1. The predicted octanol–water partition coefficient (Wildman–Crippen LogP) is 1.95. The summed E-state index contributed by atoms with van der Waals surface area (Å²) >= 11 is 3.38.